The smallest absolute Gasteiger partial charge is 0.222 e. The van der Waals surface area contributed by atoms with Crippen LogP contribution in [0.25, 0.3) is 0 Å². The Morgan fingerprint density at radius 1 is 1.17 bits per heavy atom. The van der Waals surface area contributed by atoms with Crippen LogP contribution in [0.3, 0.4) is 0 Å². The van der Waals surface area contributed by atoms with Crippen LogP contribution in [0.15, 0.2) is 0 Å². The van der Waals surface area contributed by atoms with E-state index in [1.807, 2.05) is 0 Å². The van der Waals surface area contributed by atoms with E-state index in [0.717, 1.165) is 19.4 Å². The molecule has 0 unspecified atom stereocenters. The van der Waals surface area contributed by atoms with Crippen molar-refractivity contribution in [3.05, 3.63) is 0 Å². The second-order valence-electron chi connectivity index (χ2n) is 5.48. The summed E-state index contributed by atoms with van der Waals surface area (Å²) in [4.78, 5) is 14.3. The molecule has 0 spiro atoms. The molecule has 1 aliphatic carbocycles. The molecule has 0 aromatic heterocycles. The Morgan fingerprint density at radius 2 is 1.89 bits per heavy atom. The SMILES string of the molecule is CCCCCCC(=O)N(CCN)C1CCCCC1. The molecule has 3 nitrogen and oxygen atoms in total. The number of hydrogen-bond acceptors (Lipinski definition) is 2. The third-order valence-electron chi connectivity index (χ3n) is 3.95. The molecule has 0 bridgehead atoms. The van der Waals surface area contributed by atoms with Gasteiger partial charge in [0.2, 0.25) is 5.91 Å². The Morgan fingerprint density at radius 3 is 2.50 bits per heavy atom. The van der Waals surface area contributed by atoms with Crippen LogP contribution in [-0.4, -0.2) is 29.9 Å². The number of nitrogens with zero attached hydrogens (tertiary/aromatic N) is 1. The van der Waals surface area contributed by atoms with Crippen LogP contribution in [0.2, 0.25) is 0 Å². The summed E-state index contributed by atoms with van der Waals surface area (Å²) in [5.41, 5.74) is 5.66. The molecule has 0 saturated heterocycles. The molecule has 18 heavy (non-hydrogen) atoms. The first-order chi connectivity index (χ1) is 8.79. The molecule has 0 atom stereocenters. The number of amides is 1. The van der Waals surface area contributed by atoms with Gasteiger partial charge in [0.05, 0.1) is 0 Å². The van der Waals surface area contributed by atoms with Gasteiger partial charge in [-0.05, 0) is 19.3 Å². The van der Waals surface area contributed by atoms with Gasteiger partial charge in [-0.2, -0.15) is 0 Å². The third kappa shape index (κ3) is 5.38. The lowest BCUT2D eigenvalue weighted by Crippen LogP contribution is -2.44. The summed E-state index contributed by atoms with van der Waals surface area (Å²) >= 11 is 0. The lowest BCUT2D eigenvalue weighted by atomic mass is 9.93. The number of unbranched alkanes of at least 4 members (excludes halogenated alkanes) is 3. The van der Waals surface area contributed by atoms with E-state index in [2.05, 4.69) is 11.8 Å². The molecular formula is C15H30N2O. The zero-order chi connectivity index (χ0) is 13.2. The Balaban J connectivity index is 2.36. The largest absolute Gasteiger partial charge is 0.338 e. The normalized spacial score (nSPS) is 16.8. The lowest BCUT2D eigenvalue weighted by Gasteiger charge is -2.34. The van der Waals surface area contributed by atoms with E-state index in [9.17, 15) is 4.79 Å². The predicted octanol–water partition coefficient (Wildman–Crippen LogP) is 3.08. The fourth-order valence-electron chi connectivity index (χ4n) is 2.89. The Bertz CT molecular complexity index is 225. The Kier molecular flexibility index (Phi) is 8.06. The highest BCUT2D eigenvalue weighted by molar-refractivity contribution is 5.76. The summed E-state index contributed by atoms with van der Waals surface area (Å²) in [7, 11) is 0. The second-order valence-corrected chi connectivity index (χ2v) is 5.48. The van der Waals surface area contributed by atoms with Crippen molar-refractivity contribution in [1.82, 2.24) is 4.90 Å². The number of carbonyl (C=O) groups excluding carboxylic acids is 1. The maximum Gasteiger partial charge on any atom is 0.222 e. The molecule has 0 radical (unpaired) electrons. The van der Waals surface area contributed by atoms with E-state index >= 15 is 0 Å². The predicted molar refractivity (Wildman–Crippen MR) is 76.4 cm³/mol. The zero-order valence-corrected chi connectivity index (χ0v) is 12.0. The van der Waals surface area contributed by atoms with Gasteiger partial charge in [0.25, 0.3) is 0 Å². The van der Waals surface area contributed by atoms with Crippen molar-refractivity contribution in [2.24, 2.45) is 5.73 Å². The van der Waals surface area contributed by atoms with Gasteiger partial charge in [0.15, 0.2) is 0 Å². The van der Waals surface area contributed by atoms with Crippen molar-refractivity contribution in [2.45, 2.75) is 77.2 Å². The van der Waals surface area contributed by atoms with Crippen molar-refractivity contribution in [1.29, 1.82) is 0 Å². The van der Waals surface area contributed by atoms with Gasteiger partial charge in [-0.25, -0.2) is 0 Å². The number of nitrogens with two attached hydrogens (primary N) is 1. The van der Waals surface area contributed by atoms with Crippen molar-refractivity contribution in [2.75, 3.05) is 13.1 Å². The fraction of sp³-hybridized carbons (Fsp3) is 0.933. The van der Waals surface area contributed by atoms with E-state index < -0.39 is 0 Å². The number of rotatable bonds is 8. The molecule has 3 heteroatoms. The molecule has 1 saturated carbocycles. The molecule has 1 aliphatic rings. The van der Waals surface area contributed by atoms with Crippen LogP contribution in [-0.2, 0) is 4.79 Å². The maximum absolute atomic E-state index is 12.3. The highest BCUT2D eigenvalue weighted by Crippen LogP contribution is 2.23. The summed E-state index contributed by atoms with van der Waals surface area (Å²) in [6, 6.07) is 0.473. The van der Waals surface area contributed by atoms with Crippen LogP contribution in [0.4, 0.5) is 0 Å². The van der Waals surface area contributed by atoms with E-state index in [0.29, 0.717) is 18.5 Å². The summed E-state index contributed by atoms with van der Waals surface area (Å²) < 4.78 is 0. The molecule has 1 amide bonds. The summed E-state index contributed by atoms with van der Waals surface area (Å²) in [6.07, 6.45) is 11.7. The molecule has 1 rings (SSSR count). The number of carbonyl (C=O) groups is 1. The number of hydrogen-bond donors (Lipinski definition) is 1. The average molecular weight is 254 g/mol. The van der Waals surface area contributed by atoms with Crippen molar-refractivity contribution >= 4 is 5.91 Å². The van der Waals surface area contributed by atoms with Gasteiger partial charge in [-0.3, -0.25) is 4.79 Å². The Labute approximate surface area is 112 Å². The highest BCUT2D eigenvalue weighted by Gasteiger charge is 2.24. The van der Waals surface area contributed by atoms with Crippen LogP contribution < -0.4 is 5.73 Å². The first kappa shape index (κ1) is 15.5. The van der Waals surface area contributed by atoms with E-state index in [1.165, 1.54) is 51.4 Å². The summed E-state index contributed by atoms with van der Waals surface area (Å²) in [5, 5.41) is 0. The molecule has 0 aromatic carbocycles. The Hall–Kier alpha value is -0.570. The molecular weight excluding hydrogens is 224 g/mol. The maximum atomic E-state index is 12.3. The van der Waals surface area contributed by atoms with Crippen LogP contribution >= 0.6 is 0 Å². The van der Waals surface area contributed by atoms with Gasteiger partial charge in [0, 0.05) is 25.6 Å². The topological polar surface area (TPSA) is 46.3 Å². The summed E-state index contributed by atoms with van der Waals surface area (Å²) in [5.74, 6) is 0.337. The van der Waals surface area contributed by atoms with Crippen LogP contribution in [0, 0.1) is 0 Å². The van der Waals surface area contributed by atoms with E-state index in [1.54, 1.807) is 0 Å². The van der Waals surface area contributed by atoms with Crippen LogP contribution in [0.1, 0.15) is 71.1 Å². The van der Waals surface area contributed by atoms with Gasteiger partial charge >= 0.3 is 0 Å². The van der Waals surface area contributed by atoms with Gasteiger partial charge in [0.1, 0.15) is 0 Å². The van der Waals surface area contributed by atoms with Gasteiger partial charge in [-0.15, -0.1) is 0 Å². The molecule has 0 aliphatic heterocycles. The minimum atomic E-state index is 0.337. The van der Waals surface area contributed by atoms with Crippen molar-refractivity contribution in [3.63, 3.8) is 0 Å². The average Bonchev–Trinajstić information content (AvgIpc) is 2.41. The zero-order valence-electron chi connectivity index (χ0n) is 12.0. The second kappa shape index (κ2) is 9.37. The minimum absolute atomic E-state index is 0.337. The molecule has 2 N–H and O–H groups in total. The minimum Gasteiger partial charge on any atom is -0.338 e. The van der Waals surface area contributed by atoms with Crippen LogP contribution in [0.5, 0.6) is 0 Å². The first-order valence-electron chi connectivity index (χ1n) is 7.79. The molecule has 1 fully saturated rings. The quantitative estimate of drug-likeness (QED) is 0.677. The van der Waals surface area contributed by atoms with Gasteiger partial charge in [-0.1, -0.05) is 45.4 Å². The lowest BCUT2D eigenvalue weighted by molar-refractivity contribution is -0.134. The fourth-order valence-corrected chi connectivity index (χ4v) is 2.89. The monoisotopic (exact) mass is 254 g/mol. The standard InChI is InChI=1S/C15H30N2O/c1-2-3-4-8-11-15(18)17(13-12-16)14-9-6-5-7-10-14/h14H,2-13,16H2,1H3. The third-order valence-corrected chi connectivity index (χ3v) is 3.95. The van der Waals surface area contributed by atoms with Gasteiger partial charge < -0.3 is 10.6 Å². The summed E-state index contributed by atoms with van der Waals surface area (Å²) in [6.45, 7) is 3.54. The molecule has 0 heterocycles. The van der Waals surface area contributed by atoms with Crippen molar-refractivity contribution in [3.8, 4) is 0 Å². The van der Waals surface area contributed by atoms with E-state index in [-0.39, 0.29) is 0 Å². The highest BCUT2D eigenvalue weighted by atomic mass is 16.2. The molecule has 106 valence electrons. The van der Waals surface area contributed by atoms with E-state index in [4.69, 9.17) is 5.73 Å². The first-order valence-corrected chi connectivity index (χ1v) is 7.79. The van der Waals surface area contributed by atoms with Crippen molar-refractivity contribution < 1.29 is 4.79 Å². The molecule has 0 aromatic rings.